The maximum atomic E-state index is 5.99. The Kier molecular flexibility index (Phi) is 9.83. The molecular weight excluding hydrogens is 264 g/mol. The maximum Gasteiger partial charge on any atom is 0.340 e. The van der Waals surface area contributed by atoms with Crippen molar-refractivity contribution in [1.82, 2.24) is 0 Å². The Morgan fingerprint density at radius 1 is 0.800 bits per heavy atom. The predicted molar refractivity (Wildman–Crippen MR) is 89.4 cm³/mol. The summed E-state index contributed by atoms with van der Waals surface area (Å²) in [5.41, 5.74) is 0.742. The van der Waals surface area contributed by atoms with Gasteiger partial charge in [0.05, 0.1) is 0 Å². The Morgan fingerprint density at radius 3 is 1.90 bits per heavy atom. The summed E-state index contributed by atoms with van der Waals surface area (Å²) in [6.07, 6.45) is 16.5. The van der Waals surface area contributed by atoms with Gasteiger partial charge in [-0.2, -0.15) is 0 Å². The second kappa shape index (κ2) is 10.8. The Morgan fingerprint density at radius 2 is 1.35 bits per heavy atom. The normalized spacial score (nSPS) is 17.6. The Balaban J connectivity index is 2.27. The van der Waals surface area contributed by atoms with Crippen LogP contribution in [0.3, 0.4) is 0 Å². The van der Waals surface area contributed by atoms with E-state index >= 15 is 0 Å². The molecule has 0 unspecified atom stereocenters. The summed E-state index contributed by atoms with van der Waals surface area (Å²) >= 11 is 0. The zero-order chi connectivity index (χ0) is 14.7. The molecule has 120 valence electrons. The minimum atomic E-state index is -1.92. The summed E-state index contributed by atoms with van der Waals surface area (Å²) in [5, 5.41) is 0. The van der Waals surface area contributed by atoms with E-state index in [-0.39, 0.29) is 0 Å². The van der Waals surface area contributed by atoms with Crippen molar-refractivity contribution in [3.8, 4) is 0 Å². The van der Waals surface area contributed by atoms with Crippen molar-refractivity contribution < 1.29 is 8.85 Å². The summed E-state index contributed by atoms with van der Waals surface area (Å²) in [7, 11) is 1.87. The quantitative estimate of drug-likeness (QED) is 0.354. The molecule has 0 radical (unpaired) electrons. The molecule has 0 aromatic carbocycles. The summed E-state index contributed by atoms with van der Waals surface area (Å²) < 4.78 is 12.0. The van der Waals surface area contributed by atoms with Gasteiger partial charge in [0.25, 0.3) is 0 Å². The van der Waals surface area contributed by atoms with Crippen LogP contribution < -0.4 is 0 Å². The average molecular weight is 301 g/mol. The molecule has 1 fully saturated rings. The van der Waals surface area contributed by atoms with E-state index in [2.05, 4.69) is 6.92 Å². The number of hydrogen-bond acceptors (Lipinski definition) is 2. The van der Waals surface area contributed by atoms with Crippen LogP contribution in [0.1, 0.15) is 84.0 Å². The second-order valence-electron chi connectivity index (χ2n) is 6.43. The van der Waals surface area contributed by atoms with Gasteiger partial charge in [-0.1, -0.05) is 71.1 Å². The summed E-state index contributed by atoms with van der Waals surface area (Å²) in [6.45, 7) is 2.28. The van der Waals surface area contributed by atoms with Gasteiger partial charge in [0, 0.05) is 19.8 Å². The van der Waals surface area contributed by atoms with Gasteiger partial charge < -0.3 is 8.85 Å². The highest BCUT2D eigenvalue weighted by Crippen LogP contribution is 2.40. The number of rotatable bonds is 11. The van der Waals surface area contributed by atoms with Gasteiger partial charge in [-0.3, -0.25) is 0 Å². The minimum absolute atomic E-state index is 0.742. The fourth-order valence-electron chi connectivity index (χ4n) is 3.70. The van der Waals surface area contributed by atoms with Crippen LogP contribution in [0.2, 0.25) is 11.6 Å². The predicted octanol–water partition coefficient (Wildman–Crippen LogP) is 5.81. The first-order valence-electron chi connectivity index (χ1n) is 8.89. The minimum Gasteiger partial charge on any atom is -0.397 e. The fourth-order valence-corrected chi connectivity index (χ4v) is 7.38. The van der Waals surface area contributed by atoms with Gasteiger partial charge in [-0.25, -0.2) is 0 Å². The average Bonchev–Trinajstić information content (AvgIpc) is 2.52. The van der Waals surface area contributed by atoms with Crippen LogP contribution in [0, 0.1) is 0 Å². The molecule has 1 aliphatic carbocycles. The first kappa shape index (κ1) is 18.2. The Labute approximate surface area is 127 Å². The molecule has 0 N–H and O–H groups in total. The molecule has 2 nitrogen and oxygen atoms in total. The van der Waals surface area contributed by atoms with Crippen molar-refractivity contribution in [2.45, 2.75) is 95.6 Å². The van der Waals surface area contributed by atoms with Crippen LogP contribution in [0.5, 0.6) is 0 Å². The fraction of sp³-hybridized carbons (Fsp3) is 1.00. The van der Waals surface area contributed by atoms with Crippen molar-refractivity contribution in [1.29, 1.82) is 0 Å². The van der Waals surface area contributed by atoms with E-state index in [1.54, 1.807) is 0 Å². The van der Waals surface area contributed by atoms with Gasteiger partial charge >= 0.3 is 8.56 Å². The molecule has 3 heteroatoms. The van der Waals surface area contributed by atoms with E-state index in [9.17, 15) is 0 Å². The molecule has 0 saturated heterocycles. The van der Waals surface area contributed by atoms with Crippen molar-refractivity contribution >= 4 is 8.56 Å². The molecule has 20 heavy (non-hydrogen) atoms. The molecule has 0 heterocycles. The molecule has 1 aliphatic rings. The largest absolute Gasteiger partial charge is 0.397 e. The topological polar surface area (TPSA) is 18.5 Å². The SMILES string of the molecule is CCCCCCCCC[Si](OC)(OC)C1CCCCC1. The van der Waals surface area contributed by atoms with Gasteiger partial charge in [0.2, 0.25) is 0 Å². The highest BCUT2D eigenvalue weighted by Gasteiger charge is 2.43. The van der Waals surface area contributed by atoms with Crippen LogP contribution in [-0.2, 0) is 8.85 Å². The van der Waals surface area contributed by atoms with Gasteiger partial charge in [-0.05, 0) is 18.9 Å². The standard InChI is InChI=1S/C17H36O2Si/c1-4-5-6-7-8-9-13-16-20(18-2,19-3)17-14-11-10-12-15-17/h17H,4-16H2,1-3H3. The summed E-state index contributed by atoms with van der Waals surface area (Å²) in [5.74, 6) is 0. The third-order valence-corrected chi connectivity index (χ3v) is 9.30. The number of hydrogen-bond donors (Lipinski definition) is 0. The maximum absolute atomic E-state index is 5.99. The second-order valence-corrected chi connectivity index (χ2v) is 10.2. The van der Waals surface area contributed by atoms with E-state index < -0.39 is 8.56 Å². The van der Waals surface area contributed by atoms with E-state index in [4.69, 9.17) is 8.85 Å². The first-order valence-corrected chi connectivity index (χ1v) is 11.0. The highest BCUT2D eigenvalue weighted by molar-refractivity contribution is 6.69. The summed E-state index contributed by atoms with van der Waals surface area (Å²) in [4.78, 5) is 0. The van der Waals surface area contributed by atoms with Gasteiger partial charge in [0.1, 0.15) is 0 Å². The van der Waals surface area contributed by atoms with Crippen LogP contribution in [0.25, 0.3) is 0 Å². The van der Waals surface area contributed by atoms with E-state index in [1.807, 2.05) is 14.2 Å². The molecule has 1 saturated carbocycles. The summed E-state index contributed by atoms with van der Waals surface area (Å²) in [6, 6.07) is 1.21. The number of unbranched alkanes of at least 4 members (excludes halogenated alkanes) is 6. The molecule has 1 rings (SSSR count). The lowest BCUT2D eigenvalue weighted by Gasteiger charge is -2.37. The lowest BCUT2D eigenvalue weighted by molar-refractivity contribution is 0.215. The zero-order valence-electron chi connectivity index (χ0n) is 14.1. The van der Waals surface area contributed by atoms with Crippen LogP contribution in [-0.4, -0.2) is 22.8 Å². The molecule has 0 aromatic heterocycles. The van der Waals surface area contributed by atoms with Crippen molar-refractivity contribution in [2.24, 2.45) is 0 Å². The van der Waals surface area contributed by atoms with E-state index in [1.165, 1.54) is 83.1 Å². The monoisotopic (exact) mass is 300 g/mol. The van der Waals surface area contributed by atoms with Crippen molar-refractivity contribution in [3.63, 3.8) is 0 Å². The Bertz CT molecular complexity index is 223. The van der Waals surface area contributed by atoms with Gasteiger partial charge in [-0.15, -0.1) is 0 Å². The van der Waals surface area contributed by atoms with E-state index in [0.29, 0.717) is 0 Å². The smallest absolute Gasteiger partial charge is 0.340 e. The third-order valence-electron chi connectivity index (χ3n) is 5.05. The van der Waals surface area contributed by atoms with Crippen LogP contribution in [0.15, 0.2) is 0 Å². The molecule has 0 spiro atoms. The lowest BCUT2D eigenvalue weighted by atomic mass is 10.0. The lowest BCUT2D eigenvalue weighted by Crippen LogP contribution is -2.45. The molecule has 0 aliphatic heterocycles. The van der Waals surface area contributed by atoms with Crippen molar-refractivity contribution in [3.05, 3.63) is 0 Å². The van der Waals surface area contributed by atoms with Crippen LogP contribution in [0.4, 0.5) is 0 Å². The third kappa shape index (κ3) is 5.86. The van der Waals surface area contributed by atoms with Crippen molar-refractivity contribution in [2.75, 3.05) is 14.2 Å². The highest BCUT2D eigenvalue weighted by atomic mass is 28.4. The molecular formula is C17H36O2Si. The van der Waals surface area contributed by atoms with E-state index in [0.717, 1.165) is 5.54 Å². The molecule has 0 atom stereocenters. The molecule has 0 aromatic rings. The molecule has 0 amide bonds. The molecule has 0 bridgehead atoms. The van der Waals surface area contributed by atoms with Crippen LogP contribution >= 0.6 is 0 Å². The first-order chi connectivity index (χ1) is 9.79. The zero-order valence-corrected chi connectivity index (χ0v) is 15.1. The Hall–Kier alpha value is 0.137. The van der Waals surface area contributed by atoms with Gasteiger partial charge in [0.15, 0.2) is 0 Å².